The highest BCUT2D eigenvalue weighted by molar-refractivity contribution is 6.31. The number of hydrogen-bond acceptors (Lipinski definition) is 4. The highest BCUT2D eigenvalue weighted by atomic mass is 35.5. The molecule has 1 atom stereocenters. The van der Waals surface area contributed by atoms with Gasteiger partial charge in [-0.3, -0.25) is 14.4 Å². The van der Waals surface area contributed by atoms with Crippen LogP contribution in [0.4, 0.5) is 5.69 Å². The summed E-state index contributed by atoms with van der Waals surface area (Å²) in [4.78, 5) is 30.4. The normalized spacial score (nSPS) is 18.0. The molecule has 0 bridgehead atoms. The van der Waals surface area contributed by atoms with Gasteiger partial charge in [0.15, 0.2) is 0 Å². The third-order valence-electron chi connectivity index (χ3n) is 3.24. The van der Waals surface area contributed by atoms with E-state index in [1.807, 2.05) is 0 Å². The average Bonchev–Trinajstić information content (AvgIpc) is 2.86. The number of amides is 2. The Morgan fingerprint density at radius 1 is 1.52 bits per heavy atom. The molecule has 0 saturated carbocycles. The van der Waals surface area contributed by atoms with Crippen LogP contribution in [-0.4, -0.2) is 32.1 Å². The van der Waals surface area contributed by atoms with Crippen molar-refractivity contribution in [3.05, 3.63) is 23.2 Å². The lowest BCUT2D eigenvalue weighted by Crippen LogP contribution is -2.33. The van der Waals surface area contributed by atoms with E-state index in [1.54, 1.807) is 25.1 Å². The third kappa shape index (κ3) is 3.46. The number of benzene rings is 1. The minimum atomic E-state index is -0.451. The topological polar surface area (TPSA) is 67.9 Å². The van der Waals surface area contributed by atoms with E-state index >= 15 is 0 Å². The fourth-order valence-electron chi connectivity index (χ4n) is 2.22. The van der Waals surface area contributed by atoms with Gasteiger partial charge in [0.25, 0.3) is 0 Å². The Labute approximate surface area is 127 Å². The molecule has 1 aliphatic rings. The van der Waals surface area contributed by atoms with E-state index in [9.17, 15) is 9.59 Å². The van der Waals surface area contributed by atoms with Crippen LogP contribution in [0.3, 0.4) is 0 Å². The summed E-state index contributed by atoms with van der Waals surface area (Å²) in [5, 5.41) is 0.501. The first-order valence-electron chi connectivity index (χ1n) is 6.62. The zero-order valence-electron chi connectivity index (χ0n) is 11.9. The van der Waals surface area contributed by atoms with Crippen molar-refractivity contribution in [1.82, 2.24) is 5.48 Å². The number of nitrogens with one attached hydrogen (secondary N) is 1. The number of hydrogen-bond donors (Lipinski definition) is 1. The second-order valence-electron chi connectivity index (χ2n) is 4.62. The van der Waals surface area contributed by atoms with E-state index in [4.69, 9.17) is 21.2 Å². The van der Waals surface area contributed by atoms with Crippen molar-refractivity contribution in [2.24, 2.45) is 5.92 Å². The second kappa shape index (κ2) is 6.78. The summed E-state index contributed by atoms with van der Waals surface area (Å²) in [6.07, 6.45) is 0.134. The molecule has 1 fully saturated rings. The standard InChI is InChI=1S/C14H17ClN2O4/c1-3-21-16-14(19)9-6-13(18)17(8-9)11-7-10(15)4-5-12(11)20-2/h4-5,7,9H,3,6,8H2,1-2H3,(H,16,19). The first kappa shape index (κ1) is 15.6. The molecule has 1 aromatic rings. The monoisotopic (exact) mass is 312 g/mol. The molecule has 21 heavy (non-hydrogen) atoms. The van der Waals surface area contributed by atoms with Crippen molar-refractivity contribution < 1.29 is 19.2 Å². The van der Waals surface area contributed by atoms with Gasteiger partial charge in [0, 0.05) is 18.0 Å². The van der Waals surface area contributed by atoms with Crippen LogP contribution in [0, 0.1) is 5.92 Å². The molecule has 0 aliphatic carbocycles. The quantitative estimate of drug-likeness (QED) is 0.841. The second-order valence-corrected chi connectivity index (χ2v) is 5.06. The smallest absolute Gasteiger partial charge is 0.248 e. The van der Waals surface area contributed by atoms with Crippen LogP contribution in [0.5, 0.6) is 5.75 Å². The predicted molar refractivity (Wildman–Crippen MR) is 78.2 cm³/mol. The number of carbonyl (C=O) groups is 2. The molecule has 0 aromatic heterocycles. The summed E-state index contributed by atoms with van der Waals surface area (Å²) in [6.45, 7) is 2.41. The molecule has 0 radical (unpaired) electrons. The molecule has 1 N–H and O–H groups in total. The van der Waals surface area contributed by atoms with Gasteiger partial charge in [0.2, 0.25) is 11.8 Å². The van der Waals surface area contributed by atoms with Gasteiger partial charge < -0.3 is 9.64 Å². The van der Waals surface area contributed by atoms with E-state index in [0.29, 0.717) is 23.1 Å². The number of ether oxygens (including phenoxy) is 1. The predicted octanol–water partition coefficient (Wildman–Crippen LogP) is 1.77. The number of nitrogens with zero attached hydrogens (tertiary/aromatic N) is 1. The van der Waals surface area contributed by atoms with Crippen LogP contribution in [0.1, 0.15) is 13.3 Å². The molecule has 2 rings (SSSR count). The lowest BCUT2D eigenvalue weighted by molar-refractivity contribution is -0.137. The van der Waals surface area contributed by atoms with Gasteiger partial charge in [-0.2, -0.15) is 0 Å². The molecule has 114 valence electrons. The molecule has 6 nitrogen and oxygen atoms in total. The molecular formula is C14H17ClN2O4. The lowest BCUT2D eigenvalue weighted by Gasteiger charge is -2.19. The van der Waals surface area contributed by atoms with Crippen LogP contribution in [0.15, 0.2) is 18.2 Å². The Morgan fingerprint density at radius 3 is 2.95 bits per heavy atom. The SMILES string of the molecule is CCONC(=O)C1CC(=O)N(c2cc(Cl)ccc2OC)C1. The molecule has 1 aliphatic heterocycles. The Bertz CT molecular complexity index is 550. The summed E-state index contributed by atoms with van der Waals surface area (Å²) in [5.41, 5.74) is 2.90. The molecular weight excluding hydrogens is 296 g/mol. The number of hydroxylamine groups is 1. The van der Waals surface area contributed by atoms with Crippen molar-refractivity contribution >= 4 is 29.1 Å². The maximum atomic E-state index is 12.1. The number of methoxy groups -OCH3 is 1. The molecule has 7 heteroatoms. The first-order valence-corrected chi connectivity index (χ1v) is 7.00. The Kier molecular flexibility index (Phi) is 5.03. The summed E-state index contributed by atoms with van der Waals surface area (Å²) in [6, 6.07) is 5.03. The fourth-order valence-corrected chi connectivity index (χ4v) is 2.38. The maximum Gasteiger partial charge on any atom is 0.248 e. The van der Waals surface area contributed by atoms with Gasteiger partial charge in [-0.1, -0.05) is 11.6 Å². The van der Waals surface area contributed by atoms with Crippen molar-refractivity contribution in [2.75, 3.05) is 25.2 Å². The van der Waals surface area contributed by atoms with Crippen molar-refractivity contribution in [3.63, 3.8) is 0 Å². The summed E-state index contributed by atoms with van der Waals surface area (Å²) >= 11 is 5.97. The van der Waals surface area contributed by atoms with Crippen LogP contribution >= 0.6 is 11.6 Å². The van der Waals surface area contributed by atoms with Gasteiger partial charge in [0.05, 0.1) is 25.3 Å². The number of rotatable bonds is 5. The van der Waals surface area contributed by atoms with Gasteiger partial charge >= 0.3 is 0 Å². The highest BCUT2D eigenvalue weighted by Gasteiger charge is 2.36. The lowest BCUT2D eigenvalue weighted by atomic mass is 10.1. The summed E-state index contributed by atoms with van der Waals surface area (Å²) in [5.74, 6) is -0.354. The number of anilines is 1. The maximum absolute atomic E-state index is 12.1. The minimum Gasteiger partial charge on any atom is -0.495 e. The van der Waals surface area contributed by atoms with Gasteiger partial charge in [-0.05, 0) is 25.1 Å². The fraction of sp³-hybridized carbons (Fsp3) is 0.429. The van der Waals surface area contributed by atoms with E-state index in [0.717, 1.165) is 0 Å². The van der Waals surface area contributed by atoms with E-state index in [1.165, 1.54) is 12.0 Å². The van der Waals surface area contributed by atoms with Gasteiger partial charge in [-0.25, -0.2) is 5.48 Å². The van der Waals surface area contributed by atoms with Gasteiger partial charge in [0.1, 0.15) is 5.75 Å². The van der Waals surface area contributed by atoms with Gasteiger partial charge in [-0.15, -0.1) is 0 Å². The Balaban J connectivity index is 2.17. The molecule has 1 saturated heterocycles. The van der Waals surface area contributed by atoms with E-state index < -0.39 is 5.92 Å². The molecule has 1 unspecified atom stereocenters. The van der Waals surface area contributed by atoms with Crippen molar-refractivity contribution in [2.45, 2.75) is 13.3 Å². The summed E-state index contributed by atoms with van der Waals surface area (Å²) in [7, 11) is 1.52. The Hall–Kier alpha value is -1.79. The zero-order valence-corrected chi connectivity index (χ0v) is 12.6. The van der Waals surface area contributed by atoms with Crippen LogP contribution in [0.25, 0.3) is 0 Å². The van der Waals surface area contributed by atoms with E-state index in [2.05, 4.69) is 5.48 Å². The van der Waals surface area contributed by atoms with Crippen molar-refractivity contribution in [3.8, 4) is 5.75 Å². The van der Waals surface area contributed by atoms with Crippen molar-refractivity contribution in [1.29, 1.82) is 0 Å². The first-order chi connectivity index (χ1) is 10.1. The zero-order chi connectivity index (χ0) is 15.4. The average molecular weight is 313 g/mol. The third-order valence-corrected chi connectivity index (χ3v) is 3.48. The number of carbonyl (C=O) groups excluding carboxylic acids is 2. The molecule has 1 heterocycles. The van der Waals surface area contributed by atoms with E-state index in [-0.39, 0.29) is 24.8 Å². The van der Waals surface area contributed by atoms with Crippen LogP contribution in [-0.2, 0) is 14.4 Å². The largest absolute Gasteiger partial charge is 0.495 e. The molecule has 1 aromatic carbocycles. The number of halogens is 1. The minimum absolute atomic E-state index is 0.134. The van der Waals surface area contributed by atoms with Crippen LogP contribution < -0.4 is 15.1 Å². The highest BCUT2D eigenvalue weighted by Crippen LogP contribution is 2.35. The molecule has 0 spiro atoms. The summed E-state index contributed by atoms with van der Waals surface area (Å²) < 4.78 is 5.24. The van der Waals surface area contributed by atoms with Crippen LogP contribution in [0.2, 0.25) is 5.02 Å². The molecule has 2 amide bonds. The Morgan fingerprint density at radius 2 is 2.29 bits per heavy atom.